The summed E-state index contributed by atoms with van der Waals surface area (Å²) in [6, 6.07) is 18.5. The van der Waals surface area contributed by atoms with Crippen LogP contribution in [-0.2, 0) is 16.1 Å². The van der Waals surface area contributed by atoms with E-state index in [9.17, 15) is 14.7 Å². The standard InChI is InChI=1S/C25H21NO5/c1-2-14-30-19-12-10-17(11-13-19)22-21(23(27)18-7-4-3-5-8-18)24(28)25(29)26(22)16-20-9-6-15-31-20/h2-13,15,22,27H,1,14,16H2. The molecule has 2 heterocycles. The molecule has 1 atom stereocenters. The molecule has 0 bridgehead atoms. The molecule has 4 rings (SSSR count). The Hall–Kier alpha value is -4.06. The average Bonchev–Trinajstić information content (AvgIpc) is 3.41. The summed E-state index contributed by atoms with van der Waals surface area (Å²) >= 11 is 0. The van der Waals surface area contributed by atoms with Gasteiger partial charge in [-0.2, -0.15) is 0 Å². The Labute approximate surface area is 179 Å². The molecule has 31 heavy (non-hydrogen) atoms. The highest BCUT2D eigenvalue weighted by Crippen LogP contribution is 2.40. The van der Waals surface area contributed by atoms with Crippen LogP contribution in [-0.4, -0.2) is 28.3 Å². The average molecular weight is 415 g/mol. The maximum absolute atomic E-state index is 13.0. The second-order valence-corrected chi connectivity index (χ2v) is 7.04. The molecular formula is C25H21NO5. The summed E-state index contributed by atoms with van der Waals surface area (Å²) in [6.07, 6.45) is 3.16. The summed E-state index contributed by atoms with van der Waals surface area (Å²) < 4.78 is 10.9. The molecule has 2 aromatic carbocycles. The topological polar surface area (TPSA) is 80.0 Å². The van der Waals surface area contributed by atoms with Crippen LogP contribution in [0.5, 0.6) is 5.75 Å². The lowest BCUT2D eigenvalue weighted by molar-refractivity contribution is -0.140. The van der Waals surface area contributed by atoms with Gasteiger partial charge in [-0.15, -0.1) is 0 Å². The van der Waals surface area contributed by atoms with Crippen molar-refractivity contribution in [1.29, 1.82) is 0 Å². The van der Waals surface area contributed by atoms with Crippen molar-refractivity contribution >= 4 is 17.4 Å². The van der Waals surface area contributed by atoms with Crippen molar-refractivity contribution in [3.05, 3.63) is 108 Å². The summed E-state index contributed by atoms with van der Waals surface area (Å²) in [5.41, 5.74) is 1.19. The number of hydrogen-bond acceptors (Lipinski definition) is 5. The predicted molar refractivity (Wildman–Crippen MR) is 115 cm³/mol. The Bertz CT molecular complexity index is 1110. The maximum Gasteiger partial charge on any atom is 0.296 e. The number of likely N-dealkylation sites (tertiary alicyclic amines) is 1. The zero-order chi connectivity index (χ0) is 21.8. The highest BCUT2D eigenvalue weighted by molar-refractivity contribution is 6.46. The van der Waals surface area contributed by atoms with Crippen LogP contribution in [0.3, 0.4) is 0 Å². The molecular weight excluding hydrogens is 394 g/mol. The summed E-state index contributed by atoms with van der Waals surface area (Å²) in [6.45, 7) is 4.09. The second-order valence-electron chi connectivity index (χ2n) is 7.04. The number of furan rings is 1. The molecule has 1 amide bonds. The van der Waals surface area contributed by atoms with Crippen LogP contribution in [0.15, 0.2) is 95.6 Å². The minimum absolute atomic E-state index is 0.0440. The Kier molecular flexibility index (Phi) is 5.71. The molecule has 1 aromatic heterocycles. The van der Waals surface area contributed by atoms with E-state index in [4.69, 9.17) is 9.15 Å². The van der Waals surface area contributed by atoms with Gasteiger partial charge in [0.25, 0.3) is 11.7 Å². The Morgan fingerprint density at radius 2 is 1.81 bits per heavy atom. The number of benzene rings is 2. The van der Waals surface area contributed by atoms with Gasteiger partial charge in [0, 0.05) is 5.56 Å². The van der Waals surface area contributed by atoms with Gasteiger partial charge in [-0.05, 0) is 29.8 Å². The number of Topliss-reactive ketones (excluding diaryl/α,β-unsaturated/α-hetero) is 1. The number of rotatable bonds is 7. The zero-order valence-corrected chi connectivity index (χ0v) is 16.7. The summed E-state index contributed by atoms with van der Waals surface area (Å²) in [5.74, 6) is -0.458. The van der Waals surface area contributed by atoms with E-state index in [0.717, 1.165) is 0 Å². The monoisotopic (exact) mass is 415 g/mol. The number of carbonyl (C=O) groups excluding carboxylic acids is 2. The molecule has 3 aromatic rings. The van der Waals surface area contributed by atoms with Crippen LogP contribution in [0.2, 0.25) is 0 Å². The molecule has 1 unspecified atom stereocenters. The van der Waals surface area contributed by atoms with E-state index in [1.54, 1.807) is 66.7 Å². The van der Waals surface area contributed by atoms with Crippen LogP contribution >= 0.6 is 0 Å². The molecule has 0 radical (unpaired) electrons. The van der Waals surface area contributed by atoms with E-state index >= 15 is 0 Å². The number of amides is 1. The van der Waals surface area contributed by atoms with E-state index in [1.807, 2.05) is 6.07 Å². The maximum atomic E-state index is 13.0. The third kappa shape index (κ3) is 4.00. The number of nitrogens with zero attached hydrogens (tertiary/aromatic N) is 1. The fourth-order valence-electron chi connectivity index (χ4n) is 3.61. The van der Waals surface area contributed by atoms with Crippen molar-refractivity contribution in [3.63, 3.8) is 0 Å². The van der Waals surface area contributed by atoms with E-state index < -0.39 is 17.7 Å². The number of carbonyl (C=O) groups is 2. The smallest absolute Gasteiger partial charge is 0.296 e. The highest BCUT2D eigenvalue weighted by atomic mass is 16.5. The fraction of sp³-hybridized carbons (Fsp3) is 0.120. The van der Waals surface area contributed by atoms with Crippen LogP contribution < -0.4 is 4.74 Å². The highest BCUT2D eigenvalue weighted by Gasteiger charge is 2.46. The first-order valence-electron chi connectivity index (χ1n) is 9.80. The lowest BCUT2D eigenvalue weighted by Gasteiger charge is -2.24. The third-order valence-electron chi connectivity index (χ3n) is 5.06. The Morgan fingerprint density at radius 3 is 2.45 bits per heavy atom. The number of aliphatic hydroxyl groups is 1. The molecule has 1 fully saturated rings. The van der Waals surface area contributed by atoms with Crippen molar-refractivity contribution in [3.8, 4) is 5.75 Å². The van der Waals surface area contributed by atoms with E-state index in [2.05, 4.69) is 6.58 Å². The fourth-order valence-corrected chi connectivity index (χ4v) is 3.61. The molecule has 1 aliphatic heterocycles. The van der Waals surface area contributed by atoms with Crippen molar-refractivity contribution in [2.75, 3.05) is 6.61 Å². The minimum atomic E-state index is -0.765. The largest absolute Gasteiger partial charge is 0.507 e. The summed E-state index contributed by atoms with van der Waals surface area (Å²) in [5, 5.41) is 11.0. The van der Waals surface area contributed by atoms with Crippen LogP contribution in [0, 0.1) is 0 Å². The first kappa shape index (κ1) is 20.2. The van der Waals surface area contributed by atoms with Crippen LogP contribution in [0.25, 0.3) is 5.76 Å². The van der Waals surface area contributed by atoms with Gasteiger partial charge in [0.1, 0.15) is 23.9 Å². The number of hydrogen-bond donors (Lipinski definition) is 1. The van der Waals surface area contributed by atoms with Gasteiger partial charge in [-0.25, -0.2) is 0 Å². The van der Waals surface area contributed by atoms with Gasteiger partial charge < -0.3 is 19.2 Å². The van der Waals surface area contributed by atoms with Gasteiger partial charge in [0.2, 0.25) is 0 Å². The number of ether oxygens (including phenoxy) is 1. The number of aliphatic hydroxyl groups excluding tert-OH is 1. The van der Waals surface area contributed by atoms with Crippen molar-refractivity contribution in [2.24, 2.45) is 0 Å². The molecule has 156 valence electrons. The van der Waals surface area contributed by atoms with Gasteiger partial charge in [-0.3, -0.25) is 9.59 Å². The third-order valence-corrected chi connectivity index (χ3v) is 5.06. The summed E-state index contributed by atoms with van der Waals surface area (Å²) in [4.78, 5) is 27.3. The minimum Gasteiger partial charge on any atom is -0.507 e. The van der Waals surface area contributed by atoms with Crippen LogP contribution in [0.4, 0.5) is 0 Å². The molecule has 0 spiro atoms. The molecule has 1 N–H and O–H groups in total. The second kappa shape index (κ2) is 8.75. The van der Waals surface area contributed by atoms with Gasteiger partial charge in [0.05, 0.1) is 24.4 Å². The lowest BCUT2D eigenvalue weighted by atomic mass is 9.95. The molecule has 1 aliphatic rings. The van der Waals surface area contributed by atoms with E-state index in [0.29, 0.717) is 29.2 Å². The van der Waals surface area contributed by atoms with Crippen molar-refractivity contribution in [2.45, 2.75) is 12.6 Å². The van der Waals surface area contributed by atoms with E-state index in [1.165, 1.54) is 11.2 Å². The van der Waals surface area contributed by atoms with E-state index in [-0.39, 0.29) is 17.9 Å². The predicted octanol–water partition coefficient (Wildman–Crippen LogP) is 4.47. The molecule has 0 saturated carbocycles. The van der Waals surface area contributed by atoms with Gasteiger partial charge in [-0.1, -0.05) is 55.1 Å². The normalized spacial score (nSPS) is 17.7. The zero-order valence-electron chi connectivity index (χ0n) is 16.7. The molecule has 0 aliphatic carbocycles. The summed E-state index contributed by atoms with van der Waals surface area (Å²) in [7, 11) is 0. The molecule has 1 saturated heterocycles. The van der Waals surface area contributed by atoms with Crippen LogP contribution in [0.1, 0.15) is 22.9 Å². The lowest BCUT2D eigenvalue weighted by Crippen LogP contribution is -2.29. The Balaban J connectivity index is 1.80. The Morgan fingerprint density at radius 1 is 1.06 bits per heavy atom. The van der Waals surface area contributed by atoms with Gasteiger partial charge >= 0.3 is 0 Å². The first-order chi connectivity index (χ1) is 15.1. The van der Waals surface area contributed by atoms with Crippen molar-refractivity contribution < 1.29 is 23.8 Å². The molecule has 6 nitrogen and oxygen atoms in total. The van der Waals surface area contributed by atoms with Crippen molar-refractivity contribution in [1.82, 2.24) is 4.90 Å². The van der Waals surface area contributed by atoms with Gasteiger partial charge in [0.15, 0.2) is 0 Å². The molecule has 6 heteroatoms. The quantitative estimate of drug-likeness (QED) is 0.267. The first-order valence-corrected chi connectivity index (χ1v) is 9.80. The number of ketones is 1. The SMILES string of the molecule is C=CCOc1ccc(C2C(=C(O)c3ccccc3)C(=O)C(=O)N2Cc2ccco2)cc1.